The Hall–Kier alpha value is -2.67. The molecule has 1 amide bonds. The van der Waals surface area contributed by atoms with Gasteiger partial charge in [0.05, 0.1) is 4.90 Å². The molecular formula is C22H25N3O3S. The van der Waals surface area contributed by atoms with Crippen molar-refractivity contribution in [3.05, 3.63) is 59.2 Å². The Morgan fingerprint density at radius 1 is 0.966 bits per heavy atom. The van der Waals surface area contributed by atoms with Crippen molar-refractivity contribution >= 4 is 27.5 Å². The normalized spacial score (nSPS) is 18.0. The van der Waals surface area contributed by atoms with Gasteiger partial charge < -0.3 is 10.2 Å². The van der Waals surface area contributed by atoms with Crippen LogP contribution in [-0.2, 0) is 22.9 Å². The minimum atomic E-state index is -3.75. The first-order chi connectivity index (χ1) is 13.9. The van der Waals surface area contributed by atoms with Gasteiger partial charge in [0, 0.05) is 31.3 Å². The number of likely N-dealkylation sites (tertiary alicyclic amines) is 1. The van der Waals surface area contributed by atoms with Gasteiger partial charge in [0.2, 0.25) is 0 Å². The van der Waals surface area contributed by atoms with Gasteiger partial charge in [0.15, 0.2) is 0 Å². The van der Waals surface area contributed by atoms with E-state index in [1.54, 1.807) is 12.1 Å². The summed E-state index contributed by atoms with van der Waals surface area (Å²) in [4.78, 5) is 14.6. The summed E-state index contributed by atoms with van der Waals surface area (Å²) in [6, 6.07) is 12.0. The Labute approximate surface area is 171 Å². The van der Waals surface area contributed by atoms with Crippen LogP contribution in [0.15, 0.2) is 51.8 Å². The zero-order valence-corrected chi connectivity index (χ0v) is 17.3. The number of carbonyl (C=O) groups is 1. The van der Waals surface area contributed by atoms with E-state index in [2.05, 4.69) is 9.71 Å². The second kappa shape index (κ2) is 7.99. The number of aryl methyl sites for hydroxylation is 2. The summed E-state index contributed by atoms with van der Waals surface area (Å²) in [5, 5.41) is 2.85. The number of rotatable bonds is 4. The summed E-state index contributed by atoms with van der Waals surface area (Å²) < 4.78 is 29.0. The van der Waals surface area contributed by atoms with Crippen molar-refractivity contribution in [2.45, 2.75) is 43.4 Å². The van der Waals surface area contributed by atoms with E-state index in [1.165, 1.54) is 29.7 Å². The highest BCUT2D eigenvalue weighted by atomic mass is 32.2. The van der Waals surface area contributed by atoms with Crippen LogP contribution < -0.4 is 5.32 Å². The zero-order chi connectivity index (χ0) is 20.4. The Bertz CT molecular complexity index is 1060. The van der Waals surface area contributed by atoms with Crippen LogP contribution in [-0.4, -0.2) is 38.7 Å². The monoisotopic (exact) mass is 411 g/mol. The fourth-order valence-electron chi connectivity index (χ4n) is 3.89. The highest BCUT2D eigenvalue weighted by Crippen LogP contribution is 2.23. The molecule has 0 unspecified atom stereocenters. The van der Waals surface area contributed by atoms with Gasteiger partial charge in [0.25, 0.3) is 15.9 Å². The molecule has 152 valence electrons. The predicted octanol–water partition coefficient (Wildman–Crippen LogP) is 3.63. The van der Waals surface area contributed by atoms with Gasteiger partial charge >= 0.3 is 0 Å². The Kier molecular flexibility index (Phi) is 5.41. The number of hydrogen-bond donors (Lipinski definition) is 1. The second-order valence-electron chi connectivity index (χ2n) is 7.68. The first kappa shape index (κ1) is 19.6. The number of nitrogens with zero attached hydrogens (tertiary/aromatic N) is 2. The molecule has 29 heavy (non-hydrogen) atoms. The maximum Gasteiger partial charge on any atom is 0.283 e. The molecule has 1 heterocycles. The first-order valence-electron chi connectivity index (χ1n) is 10.0. The number of sulfonamides is 1. The summed E-state index contributed by atoms with van der Waals surface area (Å²) in [7, 11) is -1.90. The molecular weight excluding hydrogens is 386 g/mol. The fraction of sp³-hybridized carbons (Fsp3) is 0.364. The highest BCUT2D eigenvalue weighted by molar-refractivity contribution is 7.90. The Balaban J connectivity index is 1.47. The van der Waals surface area contributed by atoms with Gasteiger partial charge in [0.1, 0.15) is 5.84 Å². The summed E-state index contributed by atoms with van der Waals surface area (Å²) in [5.41, 5.74) is 3.76. The Morgan fingerprint density at radius 3 is 2.38 bits per heavy atom. The second-order valence-corrected chi connectivity index (χ2v) is 9.28. The van der Waals surface area contributed by atoms with Crippen LogP contribution in [0.5, 0.6) is 0 Å². The third kappa shape index (κ3) is 4.34. The number of nitrogens with one attached hydrogen (secondary N) is 1. The predicted molar refractivity (Wildman–Crippen MR) is 114 cm³/mol. The molecule has 0 atom stereocenters. The van der Waals surface area contributed by atoms with E-state index in [0.29, 0.717) is 23.5 Å². The highest BCUT2D eigenvalue weighted by Gasteiger charge is 2.20. The molecule has 1 saturated heterocycles. The molecule has 7 heteroatoms. The van der Waals surface area contributed by atoms with Crippen LogP contribution >= 0.6 is 0 Å². The number of amidine groups is 1. The standard InChI is InChI=1S/C22H25N3O3S/c1-25-14-4-7-21(25)24-29(27,28)20-12-10-19(11-13-20)23-22(26)18-9-8-16-5-2-3-6-17(16)15-18/h8-13,15H,2-7,14H2,1H3,(H,23,26). The average Bonchev–Trinajstić information content (AvgIpc) is 3.12. The molecule has 4 rings (SSSR count). The van der Waals surface area contributed by atoms with Gasteiger partial charge in [-0.15, -0.1) is 4.40 Å². The van der Waals surface area contributed by atoms with Crippen molar-refractivity contribution < 1.29 is 13.2 Å². The summed E-state index contributed by atoms with van der Waals surface area (Å²) >= 11 is 0. The lowest BCUT2D eigenvalue weighted by molar-refractivity contribution is 0.102. The molecule has 2 aromatic carbocycles. The van der Waals surface area contributed by atoms with E-state index in [1.807, 2.05) is 30.1 Å². The van der Waals surface area contributed by atoms with Crippen molar-refractivity contribution in [2.75, 3.05) is 18.9 Å². The topological polar surface area (TPSA) is 78.8 Å². The summed E-state index contributed by atoms with van der Waals surface area (Å²) in [6.45, 7) is 0.821. The quantitative estimate of drug-likeness (QED) is 0.833. The molecule has 2 aliphatic rings. The van der Waals surface area contributed by atoms with Crippen molar-refractivity contribution in [2.24, 2.45) is 4.40 Å². The minimum absolute atomic E-state index is 0.122. The van der Waals surface area contributed by atoms with Crippen molar-refractivity contribution in [3.63, 3.8) is 0 Å². The van der Waals surface area contributed by atoms with E-state index in [-0.39, 0.29) is 10.8 Å². The van der Waals surface area contributed by atoms with Crippen LogP contribution in [0.25, 0.3) is 0 Å². The number of carbonyl (C=O) groups excluding carboxylic acids is 1. The molecule has 2 aromatic rings. The molecule has 1 fully saturated rings. The number of benzene rings is 2. The number of fused-ring (bicyclic) bond motifs is 1. The average molecular weight is 412 g/mol. The van der Waals surface area contributed by atoms with E-state index in [0.717, 1.165) is 32.2 Å². The summed E-state index contributed by atoms with van der Waals surface area (Å²) in [5.74, 6) is 0.400. The molecule has 6 nitrogen and oxygen atoms in total. The third-order valence-corrected chi connectivity index (χ3v) is 6.90. The van der Waals surface area contributed by atoms with E-state index in [9.17, 15) is 13.2 Å². The molecule has 0 saturated carbocycles. The van der Waals surface area contributed by atoms with E-state index >= 15 is 0 Å². The largest absolute Gasteiger partial charge is 0.362 e. The Morgan fingerprint density at radius 2 is 1.69 bits per heavy atom. The third-order valence-electron chi connectivity index (χ3n) is 5.58. The molecule has 0 aromatic heterocycles. The van der Waals surface area contributed by atoms with Gasteiger partial charge in [-0.1, -0.05) is 6.07 Å². The van der Waals surface area contributed by atoms with Gasteiger partial charge in [-0.05, 0) is 79.6 Å². The maximum atomic E-state index is 12.6. The van der Waals surface area contributed by atoms with Crippen LogP contribution in [0.4, 0.5) is 5.69 Å². The lowest BCUT2D eigenvalue weighted by Crippen LogP contribution is -2.20. The van der Waals surface area contributed by atoms with Crippen LogP contribution in [0, 0.1) is 0 Å². The van der Waals surface area contributed by atoms with Crippen molar-refractivity contribution in [1.29, 1.82) is 0 Å². The smallest absolute Gasteiger partial charge is 0.283 e. The van der Waals surface area contributed by atoms with Gasteiger partial charge in [-0.2, -0.15) is 8.42 Å². The van der Waals surface area contributed by atoms with Crippen LogP contribution in [0.1, 0.15) is 47.2 Å². The lowest BCUT2D eigenvalue weighted by Gasteiger charge is -2.16. The molecule has 1 aliphatic heterocycles. The van der Waals surface area contributed by atoms with E-state index < -0.39 is 10.0 Å². The van der Waals surface area contributed by atoms with Crippen molar-refractivity contribution in [3.8, 4) is 0 Å². The SMILES string of the molecule is CN1CCCC1=NS(=O)(=O)c1ccc(NC(=O)c2ccc3c(c2)CCCC3)cc1. The molecule has 0 bridgehead atoms. The van der Waals surface area contributed by atoms with Crippen LogP contribution in [0.3, 0.4) is 0 Å². The lowest BCUT2D eigenvalue weighted by atomic mass is 9.90. The molecule has 0 spiro atoms. The zero-order valence-electron chi connectivity index (χ0n) is 16.5. The number of amides is 1. The molecule has 0 radical (unpaired) electrons. The molecule has 1 N–H and O–H groups in total. The minimum Gasteiger partial charge on any atom is -0.362 e. The van der Waals surface area contributed by atoms with E-state index in [4.69, 9.17) is 0 Å². The number of hydrogen-bond acceptors (Lipinski definition) is 3. The van der Waals surface area contributed by atoms with Crippen molar-refractivity contribution in [1.82, 2.24) is 4.90 Å². The van der Waals surface area contributed by atoms with Gasteiger partial charge in [-0.3, -0.25) is 4.79 Å². The van der Waals surface area contributed by atoms with Gasteiger partial charge in [-0.25, -0.2) is 0 Å². The maximum absolute atomic E-state index is 12.6. The van der Waals surface area contributed by atoms with Crippen LogP contribution in [0.2, 0.25) is 0 Å². The fourth-order valence-corrected chi connectivity index (χ4v) is 4.98. The molecule has 1 aliphatic carbocycles. The summed E-state index contributed by atoms with van der Waals surface area (Å²) in [6.07, 6.45) is 6.04. The first-order valence-corrected chi connectivity index (χ1v) is 11.4. The number of anilines is 1.